The maximum Gasteiger partial charge on any atom is 0.267 e. The minimum atomic E-state index is -0.501. The molecule has 4 nitrogen and oxygen atoms in total. The Morgan fingerprint density at radius 1 is 1.27 bits per heavy atom. The summed E-state index contributed by atoms with van der Waals surface area (Å²) in [4.78, 5) is 17.3. The van der Waals surface area contributed by atoms with Crippen molar-refractivity contribution in [2.75, 3.05) is 0 Å². The first kappa shape index (κ1) is 14.7. The van der Waals surface area contributed by atoms with Gasteiger partial charge in [0.15, 0.2) is 0 Å². The summed E-state index contributed by atoms with van der Waals surface area (Å²) in [6, 6.07) is 10.3. The largest absolute Gasteiger partial charge is 0.322 e. The third-order valence-corrected chi connectivity index (χ3v) is 3.66. The first-order chi connectivity index (χ1) is 10.5. The highest BCUT2D eigenvalue weighted by Gasteiger charge is 2.17. The van der Waals surface area contributed by atoms with E-state index >= 15 is 0 Å². The highest BCUT2D eigenvalue weighted by atomic mass is 35.5. The van der Waals surface area contributed by atoms with Crippen LogP contribution < -0.4 is 11.3 Å². The lowest BCUT2D eigenvalue weighted by Gasteiger charge is -2.16. The van der Waals surface area contributed by atoms with Crippen LogP contribution in [0, 0.1) is 5.82 Å². The first-order valence-corrected chi connectivity index (χ1v) is 7.09. The van der Waals surface area contributed by atoms with E-state index in [1.54, 1.807) is 31.2 Å². The third-order valence-electron chi connectivity index (χ3n) is 3.35. The third kappa shape index (κ3) is 2.38. The summed E-state index contributed by atoms with van der Waals surface area (Å²) < 4.78 is 14.8. The second kappa shape index (κ2) is 5.51. The number of hydrogen-bond donors (Lipinski definition) is 1. The molecule has 0 bridgehead atoms. The molecule has 1 atom stereocenters. The Labute approximate surface area is 131 Å². The molecule has 0 spiro atoms. The van der Waals surface area contributed by atoms with Gasteiger partial charge in [-0.25, -0.2) is 9.37 Å². The van der Waals surface area contributed by atoms with E-state index in [0.717, 1.165) is 0 Å². The fourth-order valence-electron chi connectivity index (χ4n) is 2.38. The predicted molar refractivity (Wildman–Crippen MR) is 84.9 cm³/mol. The van der Waals surface area contributed by atoms with Crippen LogP contribution in [-0.4, -0.2) is 9.55 Å². The van der Waals surface area contributed by atoms with E-state index in [2.05, 4.69) is 4.98 Å². The van der Waals surface area contributed by atoms with Crippen molar-refractivity contribution in [3.63, 3.8) is 0 Å². The van der Waals surface area contributed by atoms with Crippen molar-refractivity contribution in [3.8, 4) is 5.69 Å². The molecule has 0 saturated carbocycles. The fraction of sp³-hybridized carbons (Fsp3) is 0.125. The van der Waals surface area contributed by atoms with Crippen LogP contribution in [0.25, 0.3) is 16.6 Å². The molecule has 0 radical (unpaired) electrons. The molecule has 0 fully saturated rings. The smallest absolute Gasteiger partial charge is 0.267 e. The van der Waals surface area contributed by atoms with Gasteiger partial charge in [-0.1, -0.05) is 23.7 Å². The van der Waals surface area contributed by atoms with Gasteiger partial charge in [-0.05, 0) is 37.3 Å². The van der Waals surface area contributed by atoms with Gasteiger partial charge in [-0.15, -0.1) is 0 Å². The lowest BCUT2D eigenvalue weighted by Crippen LogP contribution is -2.27. The maximum atomic E-state index is 13.5. The lowest BCUT2D eigenvalue weighted by atomic mass is 10.2. The molecule has 1 heterocycles. The van der Waals surface area contributed by atoms with Gasteiger partial charge in [0, 0.05) is 0 Å². The number of hydrogen-bond acceptors (Lipinski definition) is 3. The highest BCUT2D eigenvalue weighted by Crippen LogP contribution is 2.22. The number of fused-ring (bicyclic) bond motifs is 1. The Balaban J connectivity index is 2.46. The average molecular weight is 318 g/mol. The van der Waals surface area contributed by atoms with Crippen molar-refractivity contribution < 1.29 is 4.39 Å². The summed E-state index contributed by atoms with van der Waals surface area (Å²) in [7, 11) is 0. The molecule has 0 amide bonds. The van der Waals surface area contributed by atoms with Crippen LogP contribution in [0.2, 0.25) is 5.02 Å². The topological polar surface area (TPSA) is 60.9 Å². The summed E-state index contributed by atoms with van der Waals surface area (Å²) in [6.45, 7) is 1.72. The Morgan fingerprint density at radius 2 is 2.00 bits per heavy atom. The van der Waals surface area contributed by atoms with Crippen molar-refractivity contribution in [2.45, 2.75) is 13.0 Å². The standard InChI is InChI=1S/C16H13ClFN3O/c1-9(19)15-20-13-7-3-6-12(17)14(13)16(22)21(15)11-5-2-4-10(18)8-11/h2-9H,19H2,1H3. The molecule has 2 aromatic carbocycles. The Kier molecular flexibility index (Phi) is 3.68. The SMILES string of the molecule is CC(N)c1nc2cccc(Cl)c2c(=O)n1-c1cccc(F)c1. The summed E-state index contributed by atoms with van der Waals surface area (Å²) in [6.07, 6.45) is 0. The number of rotatable bonds is 2. The zero-order valence-electron chi connectivity index (χ0n) is 11.8. The van der Waals surface area contributed by atoms with Gasteiger partial charge in [-0.2, -0.15) is 0 Å². The molecule has 1 unspecified atom stereocenters. The Hall–Kier alpha value is -2.24. The highest BCUT2D eigenvalue weighted by molar-refractivity contribution is 6.35. The molecule has 3 aromatic rings. The molecule has 112 valence electrons. The van der Waals surface area contributed by atoms with E-state index in [4.69, 9.17) is 17.3 Å². The second-order valence-electron chi connectivity index (χ2n) is 5.01. The number of nitrogens with two attached hydrogens (primary N) is 1. The molecule has 3 rings (SSSR count). The number of aromatic nitrogens is 2. The van der Waals surface area contributed by atoms with Crippen LogP contribution >= 0.6 is 11.6 Å². The maximum absolute atomic E-state index is 13.5. The summed E-state index contributed by atoms with van der Waals surface area (Å²) in [5.41, 5.74) is 6.41. The predicted octanol–water partition coefficient (Wildman–Crippen LogP) is 3.20. The van der Waals surface area contributed by atoms with Crippen LogP contribution in [-0.2, 0) is 0 Å². The molecular weight excluding hydrogens is 305 g/mol. The van der Waals surface area contributed by atoms with Crippen molar-refractivity contribution in [1.82, 2.24) is 9.55 Å². The van der Waals surface area contributed by atoms with Gasteiger partial charge in [0.25, 0.3) is 5.56 Å². The number of benzene rings is 2. The first-order valence-electron chi connectivity index (χ1n) is 6.71. The molecule has 0 aliphatic rings. The van der Waals surface area contributed by atoms with Gasteiger partial charge >= 0.3 is 0 Å². The lowest BCUT2D eigenvalue weighted by molar-refractivity contribution is 0.624. The van der Waals surface area contributed by atoms with E-state index in [1.165, 1.54) is 22.8 Å². The minimum Gasteiger partial charge on any atom is -0.322 e. The normalized spacial score (nSPS) is 12.5. The van der Waals surface area contributed by atoms with E-state index in [-0.39, 0.29) is 10.9 Å². The van der Waals surface area contributed by atoms with Crippen LogP contribution in [0.1, 0.15) is 18.8 Å². The fourth-order valence-corrected chi connectivity index (χ4v) is 2.63. The molecule has 0 aliphatic carbocycles. The summed E-state index contributed by atoms with van der Waals surface area (Å²) in [5.74, 6) is -0.0929. The van der Waals surface area contributed by atoms with Crippen LogP contribution in [0.4, 0.5) is 4.39 Å². The molecule has 0 saturated heterocycles. The monoisotopic (exact) mass is 317 g/mol. The van der Waals surface area contributed by atoms with Crippen LogP contribution in [0.3, 0.4) is 0 Å². The van der Waals surface area contributed by atoms with Gasteiger partial charge in [-0.3, -0.25) is 9.36 Å². The Bertz CT molecular complexity index is 921. The van der Waals surface area contributed by atoms with Gasteiger partial charge < -0.3 is 5.73 Å². The zero-order chi connectivity index (χ0) is 15.9. The zero-order valence-corrected chi connectivity index (χ0v) is 12.5. The van der Waals surface area contributed by atoms with Gasteiger partial charge in [0.05, 0.1) is 27.7 Å². The molecule has 22 heavy (non-hydrogen) atoms. The molecule has 6 heteroatoms. The van der Waals surface area contributed by atoms with Crippen molar-refractivity contribution in [3.05, 3.63) is 69.5 Å². The van der Waals surface area contributed by atoms with Crippen LogP contribution in [0.5, 0.6) is 0 Å². The van der Waals surface area contributed by atoms with Crippen molar-refractivity contribution in [2.24, 2.45) is 5.73 Å². The van der Waals surface area contributed by atoms with Crippen LogP contribution in [0.15, 0.2) is 47.3 Å². The van der Waals surface area contributed by atoms with Crippen molar-refractivity contribution >= 4 is 22.5 Å². The average Bonchev–Trinajstić information content (AvgIpc) is 2.46. The molecular formula is C16H13ClFN3O. The summed E-state index contributed by atoms with van der Waals surface area (Å²) in [5, 5.41) is 0.592. The number of halogens is 2. The summed E-state index contributed by atoms with van der Waals surface area (Å²) >= 11 is 6.13. The van der Waals surface area contributed by atoms with Gasteiger partial charge in [0.1, 0.15) is 11.6 Å². The Morgan fingerprint density at radius 3 is 2.68 bits per heavy atom. The van der Waals surface area contributed by atoms with E-state index in [0.29, 0.717) is 22.1 Å². The van der Waals surface area contributed by atoms with Crippen molar-refractivity contribution in [1.29, 1.82) is 0 Å². The minimum absolute atomic E-state index is 0.290. The van der Waals surface area contributed by atoms with E-state index in [9.17, 15) is 9.18 Å². The van der Waals surface area contributed by atoms with Gasteiger partial charge in [0.2, 0.25) is 0 Å². The van der Waals surface area contributed by atoms with E-state index < -0.39 is 11.9 Å². The molecule has 0 aliphatic heterocycles. The van der Waals surface area contributed by atoms with E-state index in [1.807, 2.05) is 0 Å². The molecule has 2 N–H and O–H groups in total. The number of nitrogens with zero attached hydrogens (tertiary/aromatic N) is 2. The molecule has 1 aromatic heterocycles. The second-order valence-corrected chi connectivity index (χ2v) is 5.42. The quantitative estimate of drug-likeness (QED) is 0.789.